The van der Waals surface area contributed by atoms with Gasteiger partial charge in [-0.25, -0.2) is 0 Å². The van der Waals surface area contributed by atoms with Gasteiger partial charge in [-0.1, -0.05) is 0 Å². The number of hydrogen-bond acceptors (Lipinski definition) is 3. The Morgan fingerprint density at radius 2 is 2.00 bits per heavy atom. The number of aliphatic hydroxyl groups is 1. The van der Waals surface area contributed by atoms with Gasteiger partial charge in [-0.05, 0) is 13.3 Å². The van der Waals surface area contributed by atoms with Crippen molar-refractivity contribution in [3.8, 4) is 0 Å². The van der Waals surface area contributed by atoms with Gasteiger partial charge in [0.05, 0.1) is 6.10 Å². The van der Waals surface area contributed by atoms with Crippen LogP contribution in [0.5, 0.6) is 0 Å². The highest BCUT2D eigenvalue weighted by Gasteiger charge is 2.19. The van der Waals surface area contributed by atoms with Crippen LogP contribution >= 0.6 is 0 Å². The molecule has 0 saturated carbocycles. The largest absolute Gasteiger partial charge is 0.393 e. The summed E-state index contributed by atoms with van der Waals surface area (Å²) in [5.41, 5.74) is 0. The zero-order valence-electron chi connectivity index (χ0n) is 9.06. The highest BCUT2D eigenvalue weighted by Crippen LogP contribution is 2.05. The minimum atomic E-state index is -0.426. The minimum Gasteiger partial charge on any atom is -0.393 e. The van der Waals surface area contributed by atoms with E-state index in [2.05, 4.69) is 0 Å². The Morgan fingerprint density at radius 3 is 2.47 bits per heavy atom. The van der Waals surface area contributed by atoms with Crippen molar-refractivity contribution >= 4 is 12.3 Å². The lowest BCUT2D eigenvalue weighted by atomic mass is 10.2. The van der Waals surface area contributed by atoms with Crippen LogP contribution in [0, 0.1) is 0 Å². The van der Waals surface area contributed by atoms with Crippen molar-refractivity contribution in [2.24, 2.45) is 0 Å². The molecule has 1 aliphatic heterocycles. The monoisotopic (exact) mass is 214 g/mol. The first-order valence-electron chi connectivity index (χ1n) is 5.28. The zero-order chi connectivity index (χ0) is 11.3. The van der Waals surface area contributed by atoms with Crippen LogP contribution in [0.3, 0.4) is 0 Å². The number of amides is 2. The third kappa shape index (κ3) is 3.87. The Bertz CT molecular complexity index is 223. The Balaban J connectivity index is 2.27. The normalized spacial score (nSPS) is 18.8. The molecule has 2 amide bonds. The van der Waals surface area contributed by atoms with Crippen molar-refractivity contribution < 1.29 is 14.7 Å². The second-order valence-electron chi connectivity index (χ2n) is 3.91. The molecular formula is C10H18N2O3. The van der Waals surface area contributed by atoms with Gasteiger partial charge < -0.3 is 14.9 Å². The topological polar surface area (TPSA) is 60.9 Å². The Labute approximate surface area is 89.7 Å². The Kier molecular flexibility index (Phi) is 4.55. The molecule has 0 radical (unpaired) electrons. The van der Waals surface area contributed by atoms with E-state index in [0.717, 1.165) is 6.41 Å². The molecule has 0 aliphatic carbocycles. The molecule has 1 unspecified atom stereocenters. The number of rotatable bonds is 4. The summed E-state index contributed by atoms with van der Waals surface area (Å²) in [5, 5.41) is 9.05. The van der Waals surface area contributed by atoms with Crippen molar-refractivity contribution in [1.82, 2.24) is 9.80 Å². The predicted octanol–water partition coefficient (Wildman–Crippen LogP) is -0.552. The second kappa shape index (κ2) is 5.70. The van der Waals surface area contributed by atoms with Crippen LogP contribution in [0.15, 0.2) is 0 Å². The maximum atomic E-state index is 11.6. The van der Waals surface area contributed by atoms with Crippen LogP contribution in [0.1, 0.15) is 19.8 Å². The predicted molar refractivity (Wildman–Crippen MR) is 55.1 cm³/mol. The zero-order valence-corrected chi connectivity index (χ0v) is 9.06. The Morgan fingerprint density at radius 1 is 1.40 bits per heavy atom. The van der Waals surface area contributed by atoms with E-state index in [1.54, 1.807) is 16.7 Å². The van der Waals surface area contributed by atoms with E-state index in [0.29, 0.717) is 39.0 Å². The molecule has 0 aromatic rings. The molecule has 1 saturated heterocycles. The van der Waals surface area contributed by atoms with Gasteiger partial charge in [-0.2, -0.15) is 0 Å². The van der Waals surface area contributed by atoms with E-state index >= 15 is 0 Å². The standard InChI is InChI=1S/C10H18N2O3/c1-9(14)2-3-10(15)12-6-4-11(8-13)5-7-12/h8-9,14H,2-7H2,1H3. The molecule has 1 N–H and O–H groups in total. The number of nitrogens with zero attached hydrogens (tertiary/aromatic N) is 2. The first-order chi connectivity index (χ1) is 7.13. The van der Waals surface area contributed by atoms with Gasteiger partial charge in [0.15, 0.2) is 0 Å². The molecule has 1 atom stereocenters. The molecule has 5 nitrogen and oxygen atoms in total. The molecule has 0 bridgehead atoms. The SMILES string of the molecule is CC(O)CCC(=O)N1CCN(C=O)CC1. The summed E-state index contributed by atoms with van der Waals surface area (Å²) in [7, 11) is 0. The highest BCUT2D eigenvalue weighted by molar-refractivity contribution is 5.76. The number of piperazine rings is 1. The van der Waals surface area contributed by atoms with E-state index in [1.807, 2.05) is 0 Å². The summed E-state index contributed by atoms with van der Waals surface area (Å²) in [5.74, 6) is 0.0708. The van der Waals surface area contributed by atoms with Crippen molar-refractivity contribution in [1.29, 1.82) is 0 Å². The van der Waals surface area contributed by atoms with Crippen LogP contribution in [-0.2, 0) is 9.59 Å². The summed E-state index contributed by atoms with van der Waals surface area (Å²) in [6, 6.07) is 0. The van der Waals surface area contributed by atoms with E-state index in [9.17, 15) is 9.59 Å². The van der Waals surface area contributed by atoms with E-state index in [1.165, 1.54) is 0 Å². The van der Waals surface area contributed by atoms with Crippen molar-refractivity contribution in [3.05, 3.63) is 0 Å². The molecule has 1 fully saturated rings. The summed E-state index contributed by atoms with van der Waals surface area (Å²) < 4.78 is 0. The van der Waals surface area contributed by atoms with Crippen molar-refractivity contribution in [2.45, 2.75) is 25.9 Å². The van der Waals surface area contributed by atoms with E-state index in [4.69, 9.17) is 5.11 Å². The van der Waals surface area contributed by atoms with Gasteiger partial charge in [-0.15, -0.1) is 0 Å². The molecule has 1 heterocycles. The van der Waals surface area contributed by atoms with Crippen LogP contribution in [-0.4, -0.2) is 59.5 Å². The van der Waals surface area contributed by atoms with E-state index in [-0.39, 0.29) is 5.91 Å². The second-order valence-corrected chi connectivity index (χ2v) is 3.91. The lowest BCUT2D eigenvalue weighted by Crippen LogP contribution is -2.48. The molecule has 0 aromatic heterocycles. The lowest BCUT2D eigenvalue weighted by molar-refractivity contribution is -0.135. The molecule has 5 heteroatoms. The average Bonchev–Trinajstić information content (AvgIpc) is 2.26. The summed E-state index contributed by atoms with van der Waals surface area (Å²) in [6.45, 7) is 4.13. The highest BCUT2D eigenvalue weighted by atomic mass is 16.3. The van der Waals surface area contributed by atoms with Gasteiger partial charge >= 0.3 is 0 Å². The van der Waals surface area contributed by atoms with Crippen LogP contribution in [0.4, 0.5) is 0 Å². The number of aliphatic hydroxyl groups excluding tert-OH is 1. The quantitative estimate of drug-likeness (QED) is 0.639. The maximum Gasteiger partial charge on any atom is 0.222 e. The number of carbonyl (C=O) groups is 2. The third-order valence-corrected chi connectivity index (χ3v) is 2.59. The van der Waals surface area contributed by atoms with Crippen LogP contribution in [0.25, 0.3) is 0 Å². The Hall–Kier alpha value is -1.10. The van der Waals surface area contributed by atoms with Crippen LogP contribution in [0.2, 0.25) is 0 Å². The van der Waals surface area contributed by atoms with Gasteiger partial charge in [0.25, 0.3) is 0 Å². The lowest BCUT2D eigenvalue weighted by Gasteiger charge is -2.32. The first kappa shape index (κ1) is 12.0. The number of hydrogen-bond donors (Lipinski definition) is 1. The fraction of sp³-hybridized carbons (Fsp3) is 0.800. The van der Waals surface area contributed by atoms with E-state index < -0.39 is 6.10 Å². The first-order valence-corrected chi connectivity index (χ1v) is 5.28. The van der Waals surface area contributed by atoms with Gasteiger partial charge in [0.1, 0.15) is 0 Å². The third-order valence-electron chi connectivity index (χ3n) is 2.59. The molecule has 0 spiro atoms. The maximum absolute atomic E-state index is 11.6. The minimum absolute atomic E-state index is 0.0708. The summed E-state index contributed by atoms with van der Waals surface area (Å²) >= 11 is 0. The number of carbonyl (C=O) groups excluding carboxylic acids is 2. The fourth-order valence-corrected chi connectivity index (χ4v) is 1.57. The molecule has 15 heavy (non-hydrogen) atoms. The van der Waals surface area contributed by atoms with Gasteiger partial charge in [0.2, 0.25) is 12.3 Å². The molecule has 86 valence electrons. The summed E-state index contributed by atoms with van der Waals surface area (Å²) in [6.07, 6.45) is 1.29. The van der Waals surface area contributed by atoms with Gasteiger partial charge in [-0.3, -0.25) is 9.59 Å². The average molecular weight is 214 g/mol. The molecule has 1 rings (SSSR count). The fourth-order valence-electron chi connectivity index (χ4n) is 1.57. The molecule has 1 aliphatic rings. The smallest absolute Gasteiger partial charge is 0.222 e. The molecular weight excluding hydrogens is 196 g/mol. The summed E-state index contributed by atoms with van der Waals surface area (Å²) in [4.78, 5) is 25.5. The van der Waals surface area contributed by atoms with Crippen molar-refractivity contribution in [2.75, 3.05) is 26.2 Å². The van der Waals surface area contributed by atoms with Crippen LogP contribution < -0.4 is 0 Å². The van der Waals surface area contributed by atoms with Gasteiger partial charge in [0, 0.05) is 32.6 Å². The van der Waals surface area contributed by atoms with Crippen molar-refractivity contribution in [3.63, 3.8) is 0 Å². The molecule has 0 aromatic carbocycles.